The highest BCUT2D eigenvalue weighted by Crippen LogP contribution is 2.32. The van der Waals surface area contributed by atoms with Gasteiger partial charge in [-0.15, -0.1) is 0 Å². The normalized spacial score (nSPS) is 19.7. The van der Waals surface area contributed by atoms with Crippen molar-refractivity contribution in [2.24, 2.45) is 5.92 Å². The number of fused-ring (bicyclic) bond motifs is 1. The summed E-state index contributed by atoms with van der Waals surface area (Å²) in [5.41, 5.74) is 4.23. The molecule has 3 aromatic rings. The fourth-order valence-corrected chi connectivity index (χ4v) is 5.28. The Morgan fingerprint density at radius 3 is 2.29 bits per heavy atom. The Labute approximate surface area is 206 Å². The van der Waals surface area contributed by atoms with Gasteiger partial charge in [-0.2, -0.15) is 5.10 Å². The fourth-order valence-electron chi connectivity index (χ4n) is 5.28. The van der Waals surface area contributed by atoms with Crippen LogP contribution in [-0.4, -0.2) is 93.7 Å². The summed E-state index contributed by atoms with van der Waals surface area (Å²) in [6.07, 6.45) is 9.86. The lowest BCUT2D eigenvalue weighted by Gasteiger charge is -2.37. The minimum absolute atomic E-state index is 0.290. The Hall–Kier alpha value is -3.20. The van der Waals surface area contributed by atoms with Gasteiger partial charge in [0.1, 0.15) is 0 Å². The Morgan fingerprint density at radius 1 is 0.943 bits per heavy atom. The van der Waals surface area contributed by atoms with E-state index in [2.05, 4.69) is 45.8 Å². The van der Waals surface area contributed by atoms with Crippen molar-refractivity contribution in [1.29, 1.82) is 0 Å². The summed E-state index contributed by atoms with van der Waals surface area (Å²) in [4.78, 5) is 31.1. The molecule has 0 N–H and O–H groups in total. The number of aromatic nitrogens is 4. The molecule has 6 rings (SSSR count). The van der Waals surface area contributed by atoms with Crippen LogP contribution in [0.2, 0.25) is 0 Å². The molecule has 9 heteroatoms. The van der Waals surface area contributed by atoms with Gasteiger partial charge >= 0.3 is 0 Å². The molecule has 3 aliphatic rings. The van der Waals surface area contributed by atoms with Crippen LogP contribution in [0, 0.1) is 5.92 Å². The lowest BCUT2D eigenvalue weighted by molar-refractivity contribution is -0.132. The van der Waals surface area contributed by atoms with Crippen LogP contribution in [0.3, 0.4) is 0 Å². The minimum atomic E-state index is 0.290. The zero-order valence-electron chi connectivity index (χ0n) is 20.7. The highest BCUT2D eigenvalue weighted by molar-refractivity contribution is 5.82. The molecule has 184 valence electrons. The second-order valence-corrected chi connectivity index (χ2v) is 10.2. The predicted octanol–water partition coefficient (Wildman–Crippen LogP) is 2.38. The predicted molar refractivity (Wildman–Crippen MR) is 137 cm³/mol. The first-order valence-corrected chi connectivity index (χ1v) is 12.9. The van der Waals surface area contributed by atoms with Gasteiger partial charge < -0.3 is 14.7 Å². The first-order chi connectivity index (χ1) is 17.1. The van der Waals surface area contributed by atoms with Gasteiger partial charge in [0.25, 0.3) is 0 Å². The van der Waals surface area contributed by atoms with Crippen LogP contribution in [0.1, 0.15) is 26.7 Å². The minimum Gasteiger partial charge on any atom is -0.366 e. The van der Waals surface area contributed by atoms with Crippen LogP contribution < -0.4 is 9.80 Å². The maximum atomic E-state index is 12.4. The topological polar surface area (TPSA) is 73.1 Å². The summed E-state index contributed by atoms with van der Waals surface area (Å²) in [6.45, 7) is 11.9. The molecule has 1 aliphatic carbocycles. The summed E-state index contributed by atoms with van der Waals surface area (Å²) in [5.74, 6) is 1.35. The molecule has 2 aliphatic heterocycles. The highest BCUT2D eigenvalue weighted by atomic mass is 16.2. The summed E-state index contributed by atoms with van der Waals surface area (Å²) in [6, 6.07) is 4.78. The van der Waals surface area contributed by atoms with Crippen LogP contribution in [-0.2, 0) is 4.79 Å². The molecule has 3 fully saturated rings. The van der Waals surface area contributed by atoms with Gasteiger partial charge in [0.15, 0.2) is 5.82 Å². The maximum Gasteiger partial charge on any atom is 0.225 e. The molecular weight excluding hydrogens is 440 g/mol. The fraction of sp³-hybridized carbons (Fsp3) is 0.538. The van der Waals surface area contributed by atoms with Gasteiger partial charge in [0.2, 0.25) is 5.91 Å². The summed E-state index contributed by atoms with van der Waals surface area (Å²) in [7, 11) is 0. The van der Waals surface area contributed by atoms with Crippen molar-refractivity contribution in [2.45, 2.75) is 32.7 Å². The second-order valence-electron chi connectivity index (χ2n) is 10.2. The van der Waals surface area contributed by atoms with E-state index in [4.69, 9.17) is 9.97 Å². The average molecular weight is 475 g/mol. The van der Waals surface area contributed by atoms with E-state index in [0.29, 0.717) is 23.7 Å². The molecule has 0 aromatic carbocycles. The Kier molecular flexibility index (Phi) is 5.80. The van der Waals surface area contributed by atoms with Gasteiger partial charge in [-0.3, -0.25) is 9.69 Å². The Balaban J connectivity index is 1.16. The zero-order valence-corrected chi connectivity index (χ0v) is 20.7. The van der Waals surface area contributed by atoms with Crippen LogP contribution >= 0.6 is 0 Å². The van der Waals surface area contributed by atoms with E-state index in [1.165, 1.54) is 0 Å². The SMILES string of the molecule is CC(C)N1CCN(c2cnc(-c3cc4c(N5CCN(C(=O)C6CC6)CC5)ccnn4c3)nc2)CC1. The third-order valence-electron chi connectivity index (χ3n) is 7.65. The van der Waals surface area contributed by atoms with Crippen molar-refractivity contribution >= 4 is 22.8 Å². The van der Waals surface area contributed by atoms with E-state index in [0.717, 1.165) is 87.7 Å². The van der Waals surface area contributed by atoms with Gasteiger partial charge in [0.05, 0.1) is 29.3 Å². The van der Waals surface area contributed by atoms with Gasteiger partial charge in [-0.25, -0.2) is 14.5 Å². The number of anilines is 2. The van der Waals surface area contributed by atoms with Crippen LogP contribution in [0.25, 0.3) is 16.9 Å². The largest absolute Gasteiger partial charge is 0.366 e. The van der Waals surface area contributed by atoms with Crippen molar-refractivity contribution in [1.82, 2.24) is 29.4 Å². The molecule has 9 nitrogen and oxygen atoms in total. The number of amides is 1. The summed E-state index contributed by atoms with van der Waals surface area (Å²) < 4.78 is 1.91. The van der Waals surface area contributed by atoms with Crippen molar-refractivity contribution in [3.8, 4) is 11.4 Å². The molecule has 35 heavy (non-hydrogen) atoms. The molecule has 1 saturated carbocycles. The standard InChI is InChI=1S/C26H34N8O/c1-19(2)30-7-9-31(10-8-30)22-16-27-25(28-17-22)21-15-24-23(5-6-29-34(24)18-21)32-11-13-33(14-12-32)26(35)20-3-4-20/h5-6,15-20H,3-4,7-14H2,1-2H3. The van der Waals surface area contributed by atoms with Crippen molar-refractivity contribution in [3.05, 3.63) is 36.9 Å². The van der Waals surface area contributed by atoms with E-state index in [1.807, 2.05) is 34.2 Å². The monoisotopic (exact) mass is 474 g/mol. The maximum absolute atomic E-state index is 12.4. The second kappa shape index (κ2) is 9.11. The lowest BCUT2D eigenvalue weighted by atomic mass is 10.2. The zero-order chi connectivity index (χ0) is 23.9. The number of hydrogen-bond acceptors (Lipinski definition) is 7. The van der Waals surface area contributed by atoms with Crippen LogP contribution in [0.5, 0.6) is 0 Å². The van der Waals surface area contributed by atoms with Crippen LogP contribution in [0.15, 0.2) is 36.9 Å². The number of rotatable bonds is 5. The Morgan fingerprint density at radius 2 is 1.63 bits per heavy atom. The van der Waals surface area contributed by atoms with Gasteiger partial charge in [-0.1, -0.05) is 0 Å². The van der Waals surface area contributed by atoms with Crippen molar-refractivity contribution in [2.75, 3.05) is 62.2 Å². The number of nitrogens with zero attached hydrogens (tertiary/aromatic N) is 8. The molecule has 2 saturated heterocycles. The number of carbonyl (C=O) groups excluding carboxylic acids is 1. The molecule has 0 bridgehead atoms. The Bertz CT molecular complexity index is 1190. The molecule has 5 heterocycles. The van der Waals surface area contributed by atoms with E-state index in [1.54, 1.807) is 0 Å². The third kappa shape index (κ3) is 4.45. The quantitative estimate of drug-likeness (QED) is 0.562. The smallest absolute Gasteiger partial charge is 0.225 e. The molecule has 0 unspecified atom stereocenters. The molecule has 0 spiro atoms. The first kappa shape index (κ1) is 22.3. The number of carbonyl (C=O) groups is 1. The molecule has 0 atom stereocenters. The van der Waals surface area contributed by atoms with Gasteiger partial charge in [-0.05, 0) is 38.8 Å². The average Bonchev–Trinajstić information content (AvgIpc) is 3.66. The number of piperazine rings is 2. The molecule has 0 radical (unpaired) electrons. The highest BCUT2D eigenvalue weighted by Gasteiger charge is 2.34. The van der Waals surface area contributed by atoms with Gasteiger partial charge in [0, 0.05) is 82.3 Å². The van der Waals surface area contributed by atoms with Crippen LogP contribution in [0.4, 0.5) is 11.4 Å². The summed E-state index contributed by atoms with van der Waals surface area (Å²) >= 11 is 0. The lowest BCUT2D eigenvalue weighted by Crippen LogP contribution is -2.49. The van der Waals surface area contributed by atoms with E-state index < -0.39 is 0 Å². The first-order valence-electron chi connectivity index (χ1n) is 12.9. The third-order valence-corrected chi connectivity index (χ3v) is 7.65. The summed E-state index contributed by atoms with van der Waals surface area (Å²) in [5, 5.41) is 4.53. The molecule has 3 aromatic heterocycles. The van der Waals surface area contributed by atoms with Crippen molar-refractivity contribution < 1.29 is 4.79 Å². The van der Waals surface area contributed by atoms with E-state index >= 15 is 0 Å². The number of hydrogen-bond donors (Lipinski definition) is 0. The van der Waals surface area contributed by atoms with E-state index in [-0.39, 0.29) is 0 Å². The molecular formula is C26H34N8O. The van der Waals surface area contributed by atoms with Crippen molar-refractivity contribution in [3.63, 3.8) is 0 Å². The molecule has 1 amide bonds. The van der Waals surface area contributed by atoms with E-state index in [9.17, 15) is 4.79 Å².